The monoisotopic (exact) mass is 425 g/mol. The minimum Gasteiger partial charge on any atom is -0.454 e. The number of thioether (sulfide) groups is 1. The summed E-state index contributed by atoms with van der Waals surface area (Å²) < 4.78 is 24.9. The smallest absolute Gasteiger partial charge is 0.271 e. The second kappa shape index (κ2) is 8.02. The summed E-state index contributed by atoms with van der Waals surface area (Å²) >= 11 is 1.70. The summed E-state index contributed by atoms with van der Waals surface area (Å²) in [4.78, 5) is 14.8. The number of rotatable bonds is 3. The van der Waals surface area contributed by atoms with Gasteiger partial charge in [-0.25, -0.2) is 4.39 Å². The van der Waals surface area contributed by atoms with Crippen molar-refractivity contribution in [1.82, 2.24) is 15.1 Å². The van der Waals surface area contributed by atoms with Gasteiger partial charge in [0.25, 0.3) is 5.91 Å². The van der Waals surface area contributed by atoms with E-state index in [1.54, 1.807) is 23.9 Å². The molecule has 154 valence electrons. The lowest BCUT2D eigenvalue weighted by Gasteiger charge is -2.19. The van der Waals surface area contributed by atoms with E-state index >= 15 is 0 Å². The number of hydrogen-bond donors (Lipinski definition) is 1. The second-order valence-corrected chi connectivity index (χ2v) is 8.51. The molecule has 3 aromatic rings. The van der Waals surface area contributed by atoms with E-state index in [1.165, 1.54) is 6.07 Å². The molecule has 0 saturated carbocycles. The summed E-state index contributed by atoms with van der Waals surface area (Å²) in [6, 6.07) is 14.2. The third-order valence-electron chi connectivity index (χ3n) is 5.36. The first-order valence-corrected chi connectivity index (χ1v) is 10.8. The summed E-state index contributed by atoms with van der Waals surface area (Å²) in [7, 11) is 0. The maximum absolute atomic E-state index is 14.2. The van der Waals surface area contributed by atoms with Crippen LogP contribution in [0.15, 0.2) is 48.5 Å². The molecule has 0 radical (unpaired) electrons. The van der Waals surface area contributed by atoms with E-state index in [0.717, 1.165) is 11.3 Å². The quantitative estimate of drug-likeness (QED) is 0.679. The number of aromatic nitrogens is 2. The fourth-order valence-corrected chi connectivity index (χ4v) is 5.02. The van der Waals surface area contributed by atoms with Crippen LogP contribution in [0.3, 0.4) is 0 Å². The van der Waals surface area contributed by atoms with Crippen molar-refractivity contribution in [1.29, 1.82) is 0 Å². The number of amides is 1. The normalized spacial score (nSPS) is 18.3. The van der Waals surface area contributed by atoms with Crippen LogP contribution >= 0.6 is 11.8 Å². The van der Waals surface area contributed by atoms with Crippen molar-refractivity contribution in [2.24, 2.45) is 0 Å². The van der Waals surface area contributed by atoms with E-state index in [0.29, 0.717) is 48.0 Å². The molecule has 8 heteroatoms. The highest BCUT2D eigenvalue weighted by atomic mass is 32.2. The highest BCUT2D eigenvalue weighted by molar-refractivity contribution is 7.99. The van der Waals surface area contributed by atoms with Crippen LogP contribution in [0.1, 0.15) is 27.7 Å². The molecule has 1 N–H and O–H groups in total. The van der Waals surface area contributed by atoms with Gasteiger partial charge in [0.2, 0.25) is 6.79 Å². The molecule has 1 amide bonds. The molecular formula is C22H20FN3O3S. The van der Waals surface area contributed by atoms with E-state index in [-0.39, 0.29) is 23.8 Å². The zero-order valence-electron chi connectivity index (χ0n) is 16.1. The van der Waals surface area contributed by atoms with Gasteiger partial charge in [-0.05, 0) is 36.8 Å². The Morgan fingerprint density at radius 1 is 1.13 bits per heavy atom. The number of nitrogens with one attached hydrogen (secondary N) is 1. The number of halogens is 1. The average Bonchev–Trinajstić information content (AvgIpc) is 3.38. The first kappa shape index (κ1) is 19.0. The van der Waals surface area contributed by atoms with Gasteiger partial charge >= 0.3 is 0 Å². The van der Waals surface area contributed by atoms with E-state index in [9.17, 15) is 9.18 Å². The fourth-order valence-electron chi connectivity index (χ4n) is 3.76. The van der Waals surface area contributed by atoms with Gasteiger partial charge in [0.1, 0.15) is 11.5 Å². The summed E-state index contributed by atoms with van der Waals surface area (Å²) in [5, 5.41) is 7.21. The average molecular weight is 425 g/mol. The first-order valence-electron chi connectivity index (χ1n) is 9.80. The topological polar surface area (TPSA) is 67.5 Å². The van der Waals surface area contributed by atoms with E-state index < -0.39 is 0 Å². The summed E-state index contributed by atoms with van der Waals surface area (Å²) in [5.74, 6) is 1.86. The van der Waals surface area contributed by atoms with Crippen LogP contribution in [0.5, 0.6) is 11.5 Å². The zero-order valence-corrected chi connectivity index (χ0v) is 17.0. The van der Waals surface area contributed by atoms with Gasteiger partial charge in [-0.1, -0.05) is 18.2 Å². The number of carbonyl (C=O) groups excluding carboxylic acids is 1. The van der Waals surface area contributed by atoms with Crippen LogP contribution < -0.4 is 9.47 Å². The molecule has 1 aromatic heterocycles. The third kappa shape index (κ3) is 3.63. The van der Waals surface area contributed by atoms with Gasteiger partial charge in [0.05, 0.1) is 5.69 Å². The lowest BCUT2D eigenvalue weighted by molar-refractivity contribution is 0.0760. The molecule has 0 aliphatic carbocycles. The van der Waals surface area contributed by atoms with Gasteiger partial charge in [0, 0.05) is 35.2 Å². The van der Waals surface area contributed by atoms with Crippen LogP contribution in [0.2, 0.25) is 0 Å². The molecule has 6 nitrogen and oxygen atoms in total. The Bertz CT molecular complexity index is 1090. The van der Waals surface area contributed by atoms with Crippen molar-refractivity contribution in [3.8, 4) is 22.8 Å². The maximum Gasteiger partial charge on any atom is 0.271 e. The highest BCUT2D eigenvalue weighted by Gasteiger charge is 2.25. The molecule has 2 aromatic carbocycles. The maximum atomic E-state index is 14.2. The predicted molar refractivity (Wildman–Crippen MR) is 112 cm³/mol. The Balaban J connectivity index is 1.29. The van der Waals surface area contributed by atoms with Crippen LogP contribution in [0, 0.1) is 5.82 Å². The Morgan fingerprint density at radius 3 is 2.90 bits per heavy atom. The predicted octanol–water partition coefficient (Wildman–Crippen LogP) is 4.26. The van der Waals surface area contributed by atoms with E-state index in [1.807, 2.05) is 35.2 Å². The molecule has 5 rings (SSSR count). The minimum absolute atomic E-state index is 0.0509. The standard InChI is InChI=1S/C22H20FN3O3S/c23-16-4-2-1-3-15(16)21-7-8-26(9-10-30-21)22(27)18-12-17(24-25-18)14-5-6-19-20(11-14)29-13-28-19/h1-6,11-12,21H,7-10,13H2,(H,24,25). The lowest BCUT2D eigenvalue weighted by Crippen LogP contribution is -2.33. The third-order valence-corrected chi connectivity index (χ3v) is 6.67. The Hall–Kier alpha value is -3.00. The molecule has 1 unspecified atom stereocenters. The summed E-state index contributed by atoms with van der Waals surface area (Å²) in [6.45, 7) is 1.40. The van der Waals surface area contributed by atoms with Crippen LogP contribution in [0.4, 0.5) is 4.39 Å². The Labute approximate surface area is 177 Å². The number of H-pyrrole nitrogens is 1. The zero-order chi connectivity index (χ0) is 20.5. The van der Waals surface area contributed by atoms with Gasteiger partial charge in [-0.2, -0.15) is 16.9 Å². The number of benzene rings is 2. The Kier molecular flexibility index (Phi) is 5.08. The minimum atomic E-state index is -0.184. The van der Waals surface area contributed by atoms with Gasteiger partial charge in [0.15, 0.2) is 11.5 Å². The Morgan fingerprint density at radius 2 is 2.00 bits per heavy atom. The number of carbonyl (C=O) groups is 1. The van der Waals surface area contributed by atoms with E-state index in [4.69, 9.17) is 9.47 Å². The van der Waals surface area contributed by atoms with Crippen molar-refractivity contribution in [3.63, 3.8) is 0 Å². The van der Waals surface area contributed by atoms with Gasteiger partial charge < -0.3 is 14.4 Å². The largest absolute Gasteiger partial charge is 0.454 e. The molecule has 0 spiro atoms. The van der Waals surface area contributed by atoms with Gasteiger partial charge in [-0.15, -0.1) is 0 Å². The van der Waals surface area contributed by atoms with Gasteiger partial charge in [-0.3, -0.25) is 9.89 Å². The highest BCUT2D eigenvalue weighted by Crippen LogP contribution is 2.37. The molecule has 3 heterocycles. The number of fused-ring (bicyclic) bond motifs is 1. The summed E-state index contributed by atoms with van der Waals surface area (Å²) in [5.41, 5.74) is 2.67. The van der Waals surface area contributed by atoms with Crippen molar-refractivity contribution in [3.05, 3.63) is 65.6 Å². The molecule has 30 heavy (non-hydrogen) atoms. The van der Waals surface area contributed by atoms with E-state index in [2.05, 4.69) is 10.2 Å². The van der Waals surface area contributed by atoms with Crippen molar-refractivity contribution in [2.75, 3.05) is 25.6 Å². The van der Waals surface area contributed by atoms with Crippen molar-refractivity contribution in [2.45, 2.75) is 11.7 Å². The molecule has 2 aliphatic rings. The van der Waals surface area contributed by atoms with Crippen LogP contribution in [-0.4, -0.2) is 46.6 Å². The molecule has 2 aliphatic heterocycles. The van der Waals surface area contributed by atoms with Crippen LogP contribution in [-0.2, 0) is 0 Å². The number of ether oxygens (including phenoxy) is 2. The molecule has 1 saturated heterocycles. The number of hydrogen-bond acceptors (Lipinski definition) is 5. The van der Waals surface area contributed by atoms with Crippen molar-refractivity contribution >= 4 is 17.7 Å². The first-order chi connectivity index (χ1) is 14.7. The molecule has 1 fully saturated rings. The molecular weight excluding hydrogens is 405 g/mol. The molecule has 1 atom stereocenters. The molecule has 0 bridgehead atoms. The SMILES string of the molecule is O=C(c1cc(-c2ccc3c(c2)OCO3)n[nH]1)N1CCSC(c2ccccc2F)CC1. The number of nitrogens with zero attached hydrogens (tertiary/aromatic N) is 2. The number of aromatic amines is 1. The summed E-state index contributed by atoms with van der Waals surface area (Å²) in [6.07, 6.45) is 0.709. The fraction of sp³-hybridized carbons (Fsp3) is 0.273. The second-order valence-electron chi connectivity index (χ2n) is 7.20. The van der Waals surface area contributed by atoms with Crippen LogP contribution in [0.25, 0.3) is 11.3 Å². The van der Waals surface area contributed by atoms with Crippen molar-refractivity contribution < 1.29 is 18.7 Å². The lowest BCUT2D eigenvalue weighted by atomic mass is 10.1.